The minimum absolute atomic E-state index is 0.151. The van der Waals surface area contributed by atoms with Crippen molar-refractivity contribution in [3.8, 4) is 11.5 Å². The average Bonchev–Trinajstić information content (AvgIpc) is 2.32. The topological polar surface area (TPSA) is 21.3 Å². The van der Waals surface area contributed by atoms with Gasteiger partial charge in [-0.1, -0.05) is 0 Å². The highest BCUT2D eigenvalue weighted by Gasteiger charge is 2.08. The fourth-order valence-electron chi connectivity index (χ4n) is 1.67. The van der Waals surface area contributed by atoms with Crippen LogP contribution >= 0.6 is 0 Å². The molecule has 1 N–H and O–H groups in total. The van der Waals surface area contributed by atoms with Gasteiger partial charge in [-0.2, -0.15) is 0 Å². The van der Waals surface area contributed by atoms with Crippen LogP contribution in [0, 0.1) is 17.5 Å². The summed E-state index contributed by atoms with van der Waals surface area (Å²) in [6, 6.07) is 7.03. The Balaban J connectivity index is 2.27. The van der Waals surface area contributed by atoms with Crippen LogP contribution in [0.1, 0.15) is 5.56 Å². The Morgan fingerprint density at radius 3 is 2.47 bits per heavy atom. The van der Waals surface area contributed by atoms with E-state index < -0.39 is 17.5 Å². The summed E-state index contributed by atoms with van der Waals surface area (Å²) in [5, 5.41) is 2.88. The molecule has 0 fully saturated rings. The van der Waals surface area contributed by atoms with Crippen LogP contribution < -0.4 is 10.1 Å². The first-order valence-electron chi connectivity index (χ1n) is 5.65. The van der Waals surface area contributed by atoms with Crippen molar-refractivity contribution >= 4 is 0 Å². The maximum atomic E-state index is 13.4. The Morgan fingerprint density at radius 1 is 1.00 bits per heavy atom. The molecule has 0 unspecified atom stereocenters. The molecule has 0 saturated carbocycles. The minimum atomic E-state index is -0.834. The molecule has 0 aliphatic rings. The molecule has 2 rings (SSSR count). The fourth-order valence-corrected chi connectivity index (χ4v) is 1.67. The zero-order chi connectivity index (χ0) is 13.8. The van der Waals surface area contributed by atoms with Crippen molar-refractivity contribution < 1.29 is 17.9 Å². The van der Waals surface area contributed by atoms with Crippen molar-refractivity contribution in [3.05, 3.63) is 59.4 Å². The Kier molecular flexibility index (Phi) is 4.06. The van der Waals surface area contributed by atoms with Crippen molar-refractivity contribution in [1.29, 1.82) is 0 Å². The predicted octanol–water partition coefficient (Wildman–Crippen LogP) is 3.62. The normalized spacial score (nSPS) is 10.5. The van der Waals surface area contributed by atoms with E-state index in [4.69, 9.17) is 4.74 Å². The average molecular weight is 267 g/mol. The van der Waals surface area contributed by atoms with E-state index in [2.05, 4.69) is 5.32 Å². The first-order valence-corrected chi connectivity index (χ1v) is 5.65. The molecule has 0 radical (unpaired) electrons. The van der Waals surface area contributed by atoms with Gasteiger partial charge in [0.25, 0.3) is 0 Å². The first kappa shape index (κ1) is 13.4. The molecule has 0 aliphatic heterocycles. The maximum absolute atomic E-state index is 13.4. The van der Waals surface area contributed by atoms with E-state index in [1.165, 1.54) is 6.07 Å². The smallest absolute Gasteiger partial charge is 0.168 e. The maximum Gasteiger partial charge on any atom is 0.168 e. The molecule has 2 aromatic carbocycles. The summed E-state index contributed by atoms with van der Waals surface area (Å²) in [6.45, 7) is 0.458. The van der Waals surface area contributed by atoms with Gasteiger partial charge in [-0.3, -0.25) is 0 Å². The number of benzene rings is 2. The summed E-state index contributed by atoms with van der Waals surface area (Å²) in [5.74, 6) is -2.00. The van der Waals surface area contributed by atoms with Crippen molar-refractivity contribution in [2.24, 2.45) is 0 Å². The summed E-state index contributed by atoms with van der Waals surface area (Å²) in [7, 11) is 1.73. The highest BCUT2D eigenvalue weighted by atomic mass is 19.1. The minimum Gasteiger partial charge on any atom is -0.454 e. The molecule has 2 nitrogen and oxygen atoms in total. The van der Waals surface area contributed by atoms with Crippen molar-refractivity contribution in [2.75, 3.05) is 7.05 Å². The van der Waals surface area contributed by atoms with Gasteiger partial charge < -0.3 is 10.1 Å². The number of hydrogen-bond donors (Lipinski definition) is 1. The number of nitrogens with one attached hydrogen (secondary N) is 1. The van der Waals surface area contributed by atoms with Crippen molar-refractivity contribution in [3.63, 3.8) is 0 Å². The molecule has 0 saturated heterocycles. The third-order valence-electron chi connectivity index (χ3n) is 2.43. The van der Waals surface area contributed by atoms with E-state index in [1.54, 1.807) is 13.1 Å². The van der Waals surface area contributed by atoms with Gasteiger partial charge >= 0.3 is 0 Å². The van der Waals surface area contributed by atoms with Crippen LogP contribution in [0.15, 0.2) is 36.4 Å². The number of rotatable bonds is 4. The summed E-state index contributed by atoms with van der Waals surface area (Å²) in [6.07, 6.45) is 0. The van der Waals surface area contributed by atoms with Gasteiger partial charge in [-0.25, -0.2) is 13.2 Å². The lowest BCUT2D eigenvalue weighted by atomic mass is 10.2. The van der Waals surface area contributed by atoms with Gasteiger partial charge in [0.05, 0.1) is 0 Å². The zero-order valence-corrected chi connectivity index (χ0v) is 10.2. The van der Waals surface area contributed by atoms with Gasteiger partial charge in [0.15, 0.2) is 11.6 Å². The third-order valence-corrected chi connectivity index (χ3v) is 2.43. The fraction of sp³-hybridized carbons (Fsp3) is 0.143. The van der Waals surface area contributed by atoms with Crippen LogP contribution in [0.4, 0.5) is 13.2 Å². The van der Waals surface area contributed by atoms with E-state index in [9.17, 15) is 13.2 Å². The van der Waals surface area contributed by atoms with Crippen LogP contribution in [0.5, 0.6) is 11.5 Å². The summed E-state index contributed by atoms with van der Waals surface area (Å²) in [5.41, 5.74) is 0.667. The molecule has 0 aliphatic carbocycles. The summed E-state index contributed by atoms with van der Waals surface area (Å²) in [4.78, 5) is 0. The van der Waals surface area contributed by atoms with Gasteiger partial charge in [0.1, 0.15) is 17.4 Å². The number of ether oxygens (including phenoxy) is 1. The molecule has 0 amide bonds. The van der Waals surface area contributed by atoms with E-state index >= 15 is 0 Å². The molecule has 0 aromatic heterocycles. The molecule has 19 heavy (non-hydrogen) atoms. The Bertz CT molecular complexity index is 587. The standard InChI is InChI=1S/C14H12F3NO/c1-18-8-9-4-11(16)6-12(5-9)19-14-3-2-10(15)7-13(14)17/h2-7,18H,8H2,1H3. The SMILES string of the molecule is CNCc1cc(F)cc(Oc2ccc(F)cc2F)c1. The largest absolute Gasteiger partial charge is 0.454 e. The second-order valence-corrected chi connectivity index (χ2v) is 4.00. The molecular weight excluding hydrogens is 255 g/mol. The lowest BCUT2D eigenvalue weighted by molar-refractivity contribution is 0.433. The predicted molar refractivity (Wildman–Crippen MR) is 65.6 cm³/mol. The van der Waals surface area contributed by atoms with Crippen LogP contribution in [0.25, 0.3) is 0 Å². The van der Waals surface area contributed by atoms with Gasteiger partial charge in [0.2, 0.25) is 0 Å². The Hall–Kier alpha value is -2.01. The van der Waals surface area contributed by atoms with Gasteiger partial charge in [-0.05, 0) is 36.9 Å². The van der Waals surface area contributed by atoms with Crippen LogP contribution in [-0.4, -0.2) is 7.05 Å². The van der Waals surface area contributed by atoms with E-state index in [0.717, 1.165) is 18.2 Å². The molecule has 0 bridgehead atoms. The molecule has 0 atom stereocenters. The van der Waals surface area contributed by atoms with E-state index in [-0.39, 0.29) is 11.5 Å². The number of halogens is 3. The second-order valence-electron chi connectivity index (χ2n) is 4.00. The molecule has 5 heteroatoms. The molecule has 0 spiro atoms. The lowest BCUT2D eigenvalue weighted by Crippen LogP contribution is -2.05. The lowest BCUT2D eigenvalue weighted by Gasteiger charge is -2.09. The first-order chi connectivity index (χ1) is 9.08. The van der Waals surface area contributed by atoms with Crippen LogP contribution in [-0.2, 0) is 6.54 Å². The second kappa shape index (κ2) is 5.75. The third kappa shape index (κ3) is 3.48. The molecule has 2 aromatic rings. The summed E-state index contributed by atoms with van der Waals surface area (Å²) < 4.78 is 44.7. The zero-order valence-electron chi connectivity index (χ0n) is 10.2. The monoisotopic (exact) mass is 267 g/mol. The van der Waals surface area contributed by atoms with Crippen LogP contribution in [0.2, 0.25) is 0 Å². The molecular formula is C14H12F3NO. The van der Waals surface area contributed by atoms with Crippen molar-refractivity contribution in [1.82, 2.24) is 5.32 Å². The summed E-state index contributed by atoms with van der Waals surface area (Å²) >= 11 is 0. The van der Waals surface area contributed by atoms with E-state index in [1.807, 2.05) is 0 Å². The van der Waals surface area contributed by atoms with Crippen LogP contribution in [0.3, 0.4) is 0 Å². The molecule has 0 heterocycles. The number of hydrogen-bond acceptors (Lipinski definition) is 2. The van der Waals surface area contributed by atoms with E-state index in [0.29, 0.717) is 18.2 Å². The quantitative estimate of drug-likeness (QED) is 0.913. The van der Waals surface area contributed by atoms with Gasteiger partial charge in [-0.15, -0.1) is 0 Å². The van der Waals surface area contributed by atoms with Crippen molar-refractivity contribution in [2.45, 2.75) is 6.54 Å². The Labute approximate surface area is 108 Å². The Morgan fingerprint density at radius 2 is 1.79 bits per heavy atom. The molecule has 100 valence electrons. The highest BCUT2D eigenvalue weighted by molar-refractivity contribution is 5.35. The van der Waals surface area contributed by atoms with Gasteiger partial charge in [0, 0.05) is 18.7 Å². The highest BCUT2D eigenvalue weighted by Crippen LogP contribution is 2.26.